The van der Waals surface area contributed by atoms with Crippen LogP contribution in [-0.4, -0.2) is 28.0 Å². The van der Waals surface area contributed by atoms with Crippen molar-refractivity contribution in [3.05, 3.63) is 60.3 Å². The highest BCUT2D eigenvalue weighted by atomic mass is 16.5. The first-order valence-electron chi connectivity index (χ1n) is 8.15. The molecule has 2 aromatic carbocycles. The molecule has 0 amide bonds. The third kappa shape index (κ3) is 3.40. The highest BCUT2D eigenvalue weighted by molar-refractivity contribution is 5.84. The van der Waals surface area contributed by atoms with E-state index in [0.717, 1.165) is 33.8 Å². The van der Waals surface area contributed by atoms with E-state index in [2.05, 4.69) is 5.10 Å². The van der Waals surface area contributed by atoms with Gasteiger partial charge in [-0.2, -0.15) is 5.10 Å². The molecule has 0 saturated carbocycles. The summed E-state index contributed by atoms with van der Waals surface area (Å²) in [6.07, 6.45) is 0.716. The summed E-state index contributed by atoms with van der Waals surface area (Å²) in [5, 5.41) is 13.8. The fraction of sp³-hybridized carbons (Fsp3) is 0.200. The molecular formula is C20H20N2O3. The van der Waals surface area contributed by atoms with Crippen molar-refractivity contribution in [1.82, 2.24) is 9.78 Å². The number of carbonyl (C=O) groups is 1. The van der Waals surface area contributed by atoms with E-state index < -0.39 is 5.97 Å². The van der Waals surface area contributed by atoms with Gasteiger partial charge in [-0.3, -0.25) is 9.48 Å². The number of benzene rings is 2. The lowest BCUT2D eigenvalue weighted by molar-refractivity contribution is -0.137. The molecule has 0 bridgehead atoms. The molecule has 0 radical (unpaired) electrons. The molecule has 0 unspecified atom stereocenters. The van der Waals surface area contributed by atoms with Gasteiger partial charge in [-0.05, 0) is 24.1 Å². The van der Waals surface area contributed by atoms with Gasteiger partial charge in [0.25, 0.3) is 0 Å². The van der Waals surface area contributed by atoms with Crippen LogP contribution in [0.5, 0.6) is 5.75 Å². The van der Waals surface area contributed by atoms with Gasteiger partial charge < -0.3 is 9.84 Å². The second-order valence-electron chi connectivity index (χ2n) is 5.67. The maximum absolute atomic E-state index is 11.3. The Bertz CT molecular complexity index is 868. The van der Waals surface area contributed by atoms with Crippen LogP contribution in [0.2, 0.25) is 0 Å². The highest BCUT2D eigenvalue weighted by Crippen LogP contribution is 2.36. The molecule has 1 N–H and O–H groups in total. The highest BCUT2D eigenvalue weighted by Gasteiger charge is 2.21. The predicted molar refractivity (Wildman–Crippen MR) is 96.7 cm³/mol. The summed E-state index contributed by atoms with van der Waals surface area (Å²) >= 11 is 0. The van der Waals surface area contributed by atoms with Crippen LogP contribution in [0, 0.1) is 0 Å². The van der Waals surface area contributed by atoms with Gasteiger partial charge in [-0.1, -0.05) is 49.4 Å². The molecule has 0 aliphatic rings. The summed E-state index contributed by atoms with van der Waals surface area (Å²) in [7, 11) is 1.63. The van der Waals surface area contributed by atoms with E-state index in [0.29, 0.717) is 6.42 Å². The maximum Gasteiger partial charge on any atom is 0.325 e. The topological polar surface area (TPSA) is 64.4 Å². The fourth-order valence-corrected chi connectivity index (χ4v) is 2.95. The molecule has 0 atom stereocenters. The minimum absolute atomic E-state index is 0.173. The van der Waals surface area contributed by atoms with Crippen LogP contribution in [-0.2, 0) is 17.8 Å². The lowest BCUT2D eigenvalue weighted by Gasteiger charge is -2.10. The Labute approximate surface area is 146 Å². The van der Waals surface area contributed by atoms with Crippen LogP contribution >= 0.6 is 0 Å². The van der Waals surface area contributed by atoms with Crippen LogP contribution < -0.4 is 4.74 Å². The van der Waals surface area contributed by atoms with Crippen LogP contribution in [0.1, 0.15) is 12.6 Å². The van der Waals surface area contributed by atoms with Gasteiger partial charge in [0.15, 0.2) is 0 Å². The summed E-state index contributed by atoms with van der Waals surface area (Å²) in [4.78, 5) is 11.3. The summed E-state index contributed by atoms with van der Waals surface area (Å²) in [5.74, 6) is -0.135. The molecule has 1 heterocycles. The minimum atomic E-state index is -0.913. The van der Waals surface area contributed by atoms with Crippen LogP contribution in [0.4, 0.5) is 0 Å². The molecule has 5 heteroatoms. The number of ether oxygens (including phenoxy) is 1. The molecule has 5 nitrogen and oxygen atoms in total. The Balaban J connectivity index is 2.24. The van der Waals surface area contributed by atoms with E-state index in [-0.39, 0.29) is 6.54 Å². The normalized spacial score (nSPS) is 10.6. The number of rotatable bonds is 6. The van der Waals surface area contributed by atoms with Gasteiger partial charge in [0.2, 0.25) is 0 Å². The molecule has 3 aromatic rings. The van der Waals surface area contributed by atoms with Gasteiger partial charge in [0.1, 0.15) is 12.3 Å². The number of aryl methyl sites for hydroxylation is 1. The maximum atomic E-state index is 11.3. The molecule has 128 valence electrons. The Morgan fingerprint density at radius 3 is 2.32 bits per heavy atom. The zero-order valence-corrected chi connectivity index (χ0v) is 14.3. The van der Waals surface area contributed by atoms with Crippen molar-refractivity contribution in [2.45, 2.75) is 19.9 Å². The number of aliphatic carboxylic acids is 1. The first kappa shape index (κ1) is 16.8. The van der Waals surface area contributed by atoms with Crippen molar-refractivity contribution in [3.63, 3.8) is 0 Å². The van der Waals surface area contributed by atoms with Gasteiger partial charge >= 0.3 is 5.97 Å². The standard InChI is InChI=1S/C20H20N2O3/c1-3-17-19(14-9-11-16(25-2)12-10-14)20(15-7-5-4-6-8-15)22(21-17)13-18(23)24/h4-12H,3,13H2,1-2H3,(H,23,24). The zero-order valence-electron chi connectivity index (χ0n) is 14.3. The SMILES string of the molecule is CCc1nn(CC(=O)O)c(-c2ccccc2)c1-c1ccc(OC)cc1. The number of nitrogens with zero attached hydrogens (tertiary/aromatic N) is 2. The summed E-state index contributed by atoms with van der Waals surface area (Å²) in [6, 6.07) is 17.5. The van der Waals surface area contributed by atoms with E-state index in [1.54, 1.807) is 11.8 Å². The summed E-state index contributed by atoms with van der Waals surface area (Å²) < 4.78 is 6.82. The van der Waals surface area contributed by atoms with E-state index >= 15 is 0 Å². The lowest BCUT2D eigenvalue weighted by Crippen LogP contribution is -2.11. The monoisotopic (exact) mass is 336 g/mol. The summed E-state index contributed by atoms with van der Waals surface area (Å²) in [5.41, 5.74) is 4.61. The number of carboxylic acids is 1. The fourth-order valence-electron chi connectivity index (χ4n) is 2.95. The van der Waals surface area contributed by atoms with Crippen molar-refractivity contribution in [2.24, 2.45) is 0 Å². The Kier molecular flexibility index (Phi) is 4.84. The molecule has 0 aliphatic carbocycles. The molecule has 3 rings (SSSR count). The first-order valence-corrected chi connectivity index (χ1v) is 8.15. The predicted octanol–water partition coefficient (Wildman–Crippen LogP) is 3.87. The van der Waals surface area contributed by atoms with Crippen molar-refractivity contribution >= 4 is 5.97 Å². The quantitative estimate of drug-likeness (QED) is 0.742. The number of hydrogen-bond acceptors (Lipinski definition) is 3. The van der Waals surface area contributed by atoms with E-state index in [4.69, 9.17) is 4.74 Å². The average molecular weight is 336 g/mol. The molecule has 0 fully saturated rings. The van der Waals surface area contributed by atoms with Gasteiger partial charge in [0, 0.05) is 11.1 Å². The molecule has 0 aliphatic heterocycles. The van der Waals surface area contributed by atoms with Gasteiger partial charge in [0.05, 0.1) is 18.5 Å². The molecule has 0 saturated heterocycles. The number of hydrogen-bond donors (Lipinski definition) is 1. The van der Waals surface area contributed by atoms with Gasteiger partial charge in [-0.25, -0.2) is 0 Å². The van der Waals surface area contributed by atoms with E-state index in [9.17, 15) is 9.90 Å². The third-order valence-corrected chi connectivity index (χ3v) is 4.07. The number of carboxylic acid groups (broad SMARTS) is 1. The average Bonchev–Trinajstić information content (AvgIpc) is 3.00. The largest absolute Gasteiger partial charge is 0.497 e. The second kappa shape index (κ2) is 7.21. The van der Waals surface area contributed by atoms with Crippen molar-refractivity contribution < 1.29 is 14.6 Å². The lowest BCUT2D eigenvalue weighted by atomic mass is 9.97. The Hall–Kier alpha value is -3.08. The molecular weight excluding hydrogens is 316 g/mol. The molecule has 0 spiro atoms. The molecule has 1 aromatic heterocycles. The molecule has 25 heavy (non-hydrogen) atoms. The van der Waals surface area contributed by atoms with E-state index in [1.165, 1.54) is 0 Å². The summed E-state index contributed by atoms with van der Waals surface area (Å²) in [6.45, 7) is 1.85. The smallest absolute Gasteiger partial charge is 0.325 e. The minimum Gasteiger partial charge on any atom is -0.497 e. The number of methoxy groups -OCH3 is 1. The van der Waals surface area contributed by atoms with E-state index in [1.807, 2.05) is 61.5 Å². The zero-order chi connectivity index (χ0) is 17.8. The second-order valence-corrected chi connectivity index (χ2v) is 5.67. The van der Waals surface area contributed by atoms with Crippen LogP contribution in [0.25, 0.3) is 22.4 Å². The van der Waals surface area contributed by atoms with Crippen LogP contribution in [0.15, 0.2) is 54.6 Å². The van der Waals surface area contributed by atoms with Crippen molar-refractivity contribution in [3.8, 4) is 28.1 Å². The number of aromatic nitrogens is 2. The van der Waals surface area contributed by atoms with Crippen LogP contribution in [0.3, 0.4) is 0 Å². The van der Waals surface area contributed by atoms with Crippen molar-refractivity contribution in [1.29, 1.82) is 0 Å². The Morgan fingerprint density at radius 2 is 1.76 bits per heavy atom. The van der Waals surface area contributed by atoms with Crippen molar-refractivity contribution in [2.75, 3.05) is 7.11 Å². The third-order valence-electron chi connectivity index (χ3n) is 4.07. The van der Waals surface area contributed by atoms with Gasteiger partial charge in [-0.15, -0.1) is 0 Å². The first-order chi connectivity index (χ1) is 12.1. The Morgan fingerprint density at radius 1 is 1.08 bits per heavy atom.